The number of likely N-dealkylation sites (tertiary alicyclic amines) is 1. The average Bonchev–Trinajstić information content (AvgIpc) is 2.69. The highest BCUT2D eigenvalue weighted by Crippen LogP contribution is 2.33. The maximum atomic E-state index is 14.1. The third kappa shape index (κ3) is 3.86. The molecular weight excluding hydrogens is 367 g/mol. The van der Waals surface area contributed by atoms with Gasteiger partial charge in [-0.1, -0.05) is 35.9 Å². The lowest BCUT2D eigenvalue weighted by Gasteiger charge is -2.47. The van der Waals surface area contributed by atoms with Gasteiger partial charge in [0.15, 0.2) is 0 Å². The van der Waals surface area contributed by atoms with E-state index in [4.69, 9.17) is 16.3 Å². The number of rotatable bonds is 3. The van der Waals surface area contributed by atoms with Crippen molar-refractivity contribution in [3.63, 3.8) is 0 Å². The van der Waals surface area contributed by atoms with Crippen molar-refractivity contribution >= 4 is 23.2 Å². The van der Waals surface area contributed by atoms with Crippen LogP contribution >= 0.6 is 11.6 Å². The lowest BCUT2D eigenvalue weighted by molar-refractivity contribution is -0.145. The molecule has 0 saturated carbocycles. The molecule has 2 aliphatic rings. The molecule has 2 fully saturated rings. The molecule has 2 aliphatic heterocycles. The Bertz CT molecular complexity index is 802. The molecule has 27 heavy (non-hydrogen) atoms. The molecule has 4 rings (SSSR count). The summed E-state index contributed by atoms with van der Waals surface area (Å²) in [6, 6.07) is 14.5. The van der Waals surface area contributed by atoms with Gasteiger partial charge >= 0.3 is 0 Å². The number of nitrogens with zero attached hydrogens (tertiary/aromatic N) is 2. The Kier molecular flexibility index (Phi) is 5.17. The normalized spacial score (nSPS) is 20.2. The highest BCUT2D eigenvalue weighted by Gasteiger charge is 2.42. The van der Waals surface area contributed by atoms with Crippen LogP contribution in [0, 0.1) is 5.82 Å². The highest BCUT2D eigenvalue weighted by atomic mass is 35.5. The molecule has 6 heteroatoms. The third-order valence-electron chi connectivity index (χ3n) is 5.53. The molecule has 2 heterocycles. The van der Waals surface area contributed by atoms with Crippen molar-refractivity contribution in [2.24, 2.45) is 0 Å². The number of halogens is 2. The average molecular weight is 389 g/mol. The van der Waals surface area contributed by atoms with E-state index in [-0.39, 0.29) is 23.9 Å². The summed E-state index contributed by atoms with van der Waals surface area (Å²) < 4.78 is 20.1. The fourth-order valence-electron chi connectivity index (χ4n) is 3.89. The predicted octanol–water partition coefficient (Wildman–Crippen LogP) is 3.88. The van der Waals surface area contributed by atoms with Crippen LogP contribution < -0.4 is 4.90 Å². The minimum atomic E-state index is -0.334. The smallest absolute Gasteiger partial charge is 0.253 e. The number of hydrogen-bond acceptors (Lipinski definition) is 3. The monoisotopic (exact) mass is 388 g/mol. The van der Waals surface area contributed by atoms with Gasteiger partial charge in [0.25, 0.3) is 5.91 Å². The number of piperidine rings is 1. The Hall–Kier alpha value is -1.95. The Morgan fingerprint density at radius 3 is 2.52 bits per heavy atom. The lowest BCUT2D eigenvalue weighted by Crippen LogP contribution is -2.58. The van der Waals surface area contributed by atoms with E-state index in [1.165, 1.54) is 6.07 Å². The lowest BCUT2D eigenvalue weighted by atomic mass is 9.88. The van der Waals surface area contributed by atoms with E-state index in [9.17, 15) is 9.18 Å². The Morgan fingerprint density at radius 2 is 1.81 bits per heavy atom. The standard InChI is InChI=1S/C21H22ClFN2O2/c22-18-7-4-8-19(23)17(18)13-24-11-9-21(10-12-24)15-25(20(26)14-27-21)16-5-2-1-3-6-16/h1-8H,9-15H2. The number of para-hydroxylation sites is 1. The fraction of sp³-hybridized carbons (Fsp3) is 0.381. The second-order valence-electron chi connectivity index (χ2n) is 7.26. The maximum absolute atomic E-state index is 14.1. The molecule has 0 aromatic heterocycles. The van der Waals surface area contributed by atoms with Crippen molar-refractivity contribution in [3.05, 3.63) is 64.9 Å². The minimum absolute atomic E-state index is 0.00704. The van der Waals surface area contributed by atoms with Crippen LogP contribution in [-0.4, -0.2) is 42.6 Å². The second-order valence-corrected chi connectivity index (χ2v) is 7.67. The van der Waals surface area contributed by atoms with E-state index in [0.29, 0.717) is 23.7 Å². The first kappa shape index (κ1) is 18.4. The van der Waals surface area contributed by atoms with Crippen LogP contribution in [0.4, 0.5) is 10.1 Å². The predicted molar refractivity (Wildman–Crippen MR) is 103 cm³/mol. The number of hydrogen-bond donors (Lipinski definition) is 0. The van der Waals surface area contributed by atoms with E-state index in [1.807, 2.05) is 35.2 Å². The summed E-state index contributed by atoms with van der Waals surface area (Å²) in [5.74, 6) is -0.273. The Labute approximate surface area is 163 Å². The van der Waals surface area contributed by atoms with Gasteiger partial charge < -0.3 is 9.64 Å². The highest BCUT2D eigenvalue weighted by molar-refractivity contribution is 6.31. The van der Waals surface area contributed by atoms with Crippen LogP contribution in [0.1, 0.15) is 18.4 Å². The molecule has 0 N–H and O–H groups in total. The van der Waals surface area contributed by atoms with E-state index in [1.54, 1.807) is 12.1 Å². The number of ether oxygens (including phenoxy) is 1. The number of carbonyl (C=O) groups is 1. The summed E-state index contributed by atoms with van der Waals surface area (Å²) in [6.07, 6.45) is 1.60. The number of benzene rings is 2. The van der Waals surface area contributed by atoms with Gasteiger partial charge in [0, 0.05) is 35.9 Å². The molecule has 2 aromatic carbocycles. The summed E-state index contributed by atoms with van der Waals surface area (Å²) in [4.78, 5) is 16.4. The molecule has 142 valence electrons. The van der Waals surface area contributed by atoms with Crippen LogP contribution in [0.2, 0.25) is 5.02 Å². The van der Waals surface area contributed by atoms with Crippen LogP contribution in [-0.2, 0) is 16.1 Å². The molecule has 4 nitrogen and oxygen atoms in total. The summed E-state index contributed by atoms with van der Waals surface area (Å²) in [7, 11) is 0. The van der Waals surface area contributed by atoms with Crippen molar-refractivity contribution in [1.82, 2.24) is 4.90 Å². The van der Waals surface area contributed by atoms with E-state index in [2.05, 4.69) is 4.90 Å². The quantitative estimate of drug-likeness (QED) is 0.800. The van der Waals surface area contributed by atoms with Gasteiger partial charge in [-0.05, 0) is 37.1 Å². The number of anilines is 1. The zero-order chi connectivity index (χ0) is 18.9. The fourth-order valence-corrected chi connectivity index (χ4v) is 4.11. The van der Waals surface area contributed by atoms with Crippen molar-refractivity contribution in [1.29, 1.82) is 0 Å². The van der Waals surface area contributed by atoms with E-state index < -0.39 is 0 Å². The van der Waals surface area contributed by atoms with Crippen LogP contribution in [0.15, 0.2) is 48.5 Å². The molecule has 0 unspecified atom stereocenters. The summed E-state index contributed by atoms with van der Waals surface area (Å²) in [6.45, 7) is 2.71. The van der Waals surface area contributed by atoms with Gasteiger partial charge in [-0.3, -0.25) is 9.69 Å². The first-order valence-electron chi connectivity index (χ1n) is 9.21. The van der Waals surface area contributed by atoms with Crippen LogP contribution in [0.3, 0.4) is 0 Å². The minimum Gasteiger partial charge on any atom is -0.363 e. The molecule has 2 saturated heterocycles. The van der Waals surface area contributed by atoms with Gasteiger partial charge in [-0.2, -0.15) is 0 Å². The molecule has 0 bridgehead atoms. The van der Waals surface area contributed by atoms with Crippen molar-refractivity contribution in [3.8, 4) is 0 Å². The van der Waals surface area contributed by atoms with Crippen molar-refractivity contribution < 1.29 is 13.9 Å². The van der Waals surface area contributed by atoms with Crippen LogP contribution in [0.5, 0.6) is 0 Å². The Balaban J connectivity index is 1.43. The molecule has 0 radical (unpaired) electrons. The molecule has 0 atom stereocenters. The number of carbonyl (C=O) groups excluding carboxylic acids is 1. The summed E-state index contributed by atoms with van der Waals surface area (Å²) in [5.41, 5.74) is 1.12. The van der Waals surface area contributed by atoms with Gasteiger partial charge in [0.05, 0.1) is 12.1 Å². The third-order valence-corrected chi connectivity index (χ3v) is 5.88. The summed E-state index contributed by atoms with van der Waals surface area (Å²) in [5, 5.41) is 0.463. The van der Waals surface area contributed by atoms with Gasteiger partial charge in [0.1, 0.15) is 12.4 Å². The topological polar surface area (TPSA) is 32.8 Å². The van der Waals surface area contributed by atoms with Gasteiger partial charge in [0.2, 0.25) is 0 Å². The molecule has 1 spiro atoms. The second kappa shape index (κ2) is 7.58. The van der Waals surface area contributed by atoms with Crippen LogP contribution in [0.25, 0.3) is 0 Å². The van der Waals surface area contributed by atoms with Crippen molar-refractivity contribution in [2.45, 2.75) is 25.0 Å². The molecule has 1 amide bonds. The van der Waals surface area contributed by atoms with Gasteiger partial charge in [-0.25, -0.2) is 4.39 Å². The van der Waals surface area contributed by atoms with Crippen molar-refractivity contribution in [2.75, 3.05) is 31.1 Å². The SMILES string of the molecule is O=C1COC2(CCN(Cc3c(F)cccc3Cl)CC2)CN1c1ccccc1. The van der Waals surface area contributed by atoms with Gasteiger partial charge in [-0.15, -0.1) is 0 Å². The maximum Gasteiger partial charge on any atom is 0.253 e. The first-order chi connectivity index (χ1) is 13.1. The number of morpholine rings is 1. The molecular formula is C21H22ClFN2O2. The zero-order valence-corrected chi connectivity index (χ0v) is 15.8. The first-order valence-corrected chi connectivity index (χ1v) is 9.59. The number of amides is 1. The largest absolute Gasteiger partial charge is 0.363 e. The molecule has 2 aromatic rings. The van der Waals surface area contributed by atoms with E-state index >= 15 is 0 Å². The summed E-state index contributed by atoms with van der Waals surface area (Å²) >= 11 is 6.16. The molecule has 0 aliphatic carbocycles. The van der Waals surface area contributed by atoms with E-state index in [0.717, 1.165) is 31.6 Å². The Morgan fingerprint density at radius 1 is 1.07 bits per heavy atom. The zero-order valence-electron chi connectivity index (χ0n) is 15.0.